The van der Waals surface area contributed by atoms with Crippen molar-refractivity contribution in [2.24, 2.45) is 11.1 Å². The number of hydrogen-bond acceptors (Lipinski definition) is 1. The Balaban J connectivity index is 1.85. The van der Waals surface area contributed by atoms with Gasteiger partial charge in [-0.15, -0.1) is 0 Å². The lowest BCUT2D eigenvalue weighted by molar-refractivity contribution is 0.0312. The third-order valence-electron chi connectivity index (χ3n) is 4.84. The van der Waals surface area contributed by atoms with E-state index >= 15 is 0 Å². The molecule has 92 valence electrons. The molecule has 1 nitrogen and oxygen atoms in total. The zero-order chi connectivity index (χ0) is 12.1. The number of aryl methyl sites for hydroxylation is 2. The van der Waals surface area contributed by atoms with Crippen LogP contribution in [-0.4, -0.2) is 0 Å². The Bertz CT molecular complexity index is 413. The Morgan fingerprint density at radius 3 is 2.00 bits per heavy atom. The minimum absolute atomic E-state index is 0.0267. The molecular weight excluding hydrogens is 206 g/mol. The van der Waals surface area contributed by atoms with Crippen molar-refractivity contribution in [2.45, 2.75) is 57.9 Å². The lowest BCUT2D eigenvalue weighted by Crippen LogP contribution is -2.54. The van der Waals surface area contributed by atoms with Gasteiger partial charge in [-0.3, -0.25) is 0 Å². The van der Waals surface area contributed by atoms with Crippen molar-refractivity contribution >= 4 is 0 Å². The molecule has 1 heteroatoms. The first-order valence-corrected chi connectivity index (χ1v) is 6.89. The van der Waals surface area contributed by atoms with E-state index in [9.17, 15) is 0 Å². The van der Waals surface area contributed by atoms with Crippen molar-refractivity contribution < 1.29 is 0 Å². The van der Waals surface area contributed by atoms with Gasteiger partial charge in [-0.05, 0) is 50.5 Å². The fourth-order valence-corrected chi connectivity index (χ4v) is 4.23. The van der Waals surface area contributed by atoms with Crippen molar-refractivity contribution in [1.29, 1.82) is 0 Å². The summed E-state index contributed by atoms with van der Waals surface area (Å²) in [4.78, 5) is 0. The van der Waals surface area contributed by atoms with E-state index in [2.05, 4.69) is 32.0 Å². The van der Waals surface area contributed by atoms with E-state index in [1.807, 2.05) is 0 Å². The van der Waals surface area contributed by atoms with Crippen LogP contribution in [0.15, 0.2) is 18.2 Å². The topological polar surface area (TPSA) is 26.0 Å². The van der Waals surface area contributed by atoms with Crippen molar-refractivity contribution in [1.82, 2.24) is 0 Å². The predicted molar refractivity (Wildman–Crippen MR) is 71.9 cm³/mol. The first-order chi connectivity index (χ1) is 8.01. The van der Waals surface area contributed by atoms with E-state index in [0.29, 0.717) is 5.41 Å². The van der Waals surface area contributed by atoms with Gasteiger partial charge in [-0.2, -0.15) is 0 Å². The summed E-state index contributed by atoms with van der Waals surface area (Å²) in [5.41, 5.74) is 11.3. The third kappa shape index (κ3) is 1.81. The molecular formula is C16H23N. The Morgan fingerprint density at radius 2 is 1.47 bits per heavy atom. The number of nitrogens with two attached hydrogens (primary N) is 1. The second-order valence-electron chi connectivity index (χ2n) is 6.59. The maximum absolute atomic E-state index is 6.62. The molecule has 0 heterocycles. The molecule has 0 saturated heterocycles. The summed E-state index contributed by atoms with van der Waals surface area (Å²) in [5.74, 6) is 0. The van der Waals surface area contributed by atoms with Gasteiger partial charge in [0.2, 0.25) is 0 Å². The van der Waals surface area contributed by atoms with Gasteiger partial charge in [-0.25, -0.2) is 0 Å². The molecule has 0 radical (unpaired) electrons. The molecule has 2 saturated carbocycles. The van der Waals surface area contributed by atoms with Gasteiger partial charge in [-0.1, -0.05) is 42.2 Å². The molecule has 2 aliphatic rings. The quantitative estimate of drug-likeness (QED) is 0.778. The van der Waals surface area contributed by atoms with Crippen molar-refractivity contribution in [3.63, 3.8) is 0 Å². The molecule has 0 bridgehead atoms. The van der Waals surface area contributed by atoms with Crippen LogP contribution < -0.4 is 5.73 Å². The fourth-order valence-electron chi connectivity index (χ4n) is 4.23. The highest BCUT2D eigenvalue weighted by molar-refractivity contribution is 5.36. The van der Waals surface area contributed by atoms with Crippen LogP contribution in [0.25, 0.3) is 0 Å². The zero-order valence-electron chi connectivity index (χ0n) is 11.1. The van der Waals surface area contributed by atoms with Crippen LogP contribution in [0.4, 0.5) is 0 Å². The molecule has 0 aliphatic heterocycles. The van der Waals surface area contributed by atoms with Gasteiger partial charge in [0.05, 0.1) is 0 Å². The Morgan fingerprint density at radius 1 is 0.941 bits per heavy atom. The van der Waals surface area contributed by atoms with Crippen LogP contribution in [0.1, 0.15) is 55.2 Å². The minimum atomic E-state index is -0.0267. The van der Waals surface area contributed by atoms with E-state index < -0.39 is 0 Å². The molecule has 1 aromatic carbocycles. The van der Waals surface area contributed by atoms with Gasteiger partial charge in [0, 0.05) is 5.54 Å². The summed E-state index contributed by atoms with van der Waals surface area (Å²) in [5, 5.41) is 0. The molecule has 0 amide bonds. The highest BCUT2D eigenvalue weighted by Gasteiger charge is 2.53. The van der Waals surface area contributed by atoms with Crippen LogP contribution >= 0.6 is 0 Å². The van der Waals surface area contributed by atoms with E-state index in [1.54, 1.807) is 0 Å². The van der Waals surface area contributed by atoms with Gasteiger partial charge in [0.1, 0.15) is 0 Å². The lowest BCUT2D eigenvalue weighted by Gasteiger charge is -2.53. The summed E-state index contributed by atoms with van der Waals surface area (Å²) < 4.78 is 0. The normalized spacial score (nSPS) is 24.9. The van der Waals surface area contributed by atoms with Gasteiger partial charge < -0.3 is 5.73 Å². The van der Waals surface area contributed by atoms with Crippen LogP contribution in [0.3, 0.4) is 0 Å². The smallest absolute Gasteiger partial charge is 0.0420 e. The van der Waals surface area contributed by atoms with Crippen LogP contribution in [0.5, 0.6) is 0 Å². The minimum Gasteiger partial charge on any atom is -0.321 e. The van der Waals surface area contributed by atoms with E-state index in [-0.39, 0.29) is 5.54 Å². The average Bonchev–Trinajstić information content (AvgIpc) is 2.64. The highest BCUT2D eigenvalue weighted by atomic mass is 14.8. The second-order valence-corrected chi connectivity index (χ2v) is 6.59. The highest BCUT2D eigenvalue weighted by Crippen LogP contribution is 2.60. The first-order valence-electron chi connectivity index (χ1n) is 6.89. The molecule has 17 heavy (non-hydrogen) atoms. The molecule has 1 aromatic rings. The Hall–Kier alpha value is -0.820. The van der Waals surface area contributed by atoms with Crippen molar-refractivity contribution in [3.05, 3.63) is 34.9 Å². The lowest BCUT2D eigenvalue weighted by atomic mass is 9.54. The van der Waals surface area contributed by atoms with Crippen LogP contribution in [0.2, 0.25) is 0 Å². The Labute approximate surface area is 104 Å². The zero-order valence-corrected chi connectivity index (χ0v) is 11.1. The number of benzene rings is 1. The maximum Gasteiger partial charge on any atom is 0.0420 e. The maximum atomic E-state index is 6.62. The summed E-state index contributed by atoms with van der Waals surface area (Å²) in [6, 6.07) is 6.81. The van der Waals surface area contributed by atoms with Crippen molar-refractivity contribution in [3.8, 4) is 0 Å². The molecule has 1 spiro atoms. The summed E-state index contributed by atoms with van der Waals surface area (Å²) >= 11 is 0. The van der Waals surface area contributed by atoms with E-state index in [0.717, 1.165) is 0 Å². The molecule has 0 atom stereocenters. The number of hydrogen-bond donors (Lipinski definition) is 1. The summed E-state index contributed by atoms with van der Waals surface area (Å²) in [6.45, 7) is 4.34. The molecule has 3 rings (SSSR count). The van der Waals surface area contributed by atoms with Crippen molar-refractivity contribution in [2.75, 3.05) is 0 Å². The average molecular weight is 229 g/mol. The largest absolute Gasteiger partial charge is 0.321 e. The predicted octanol–water partition coefficient (Wildman–Crippen LogP) is 3.81. The van der Waals surface area contributed by atoms with E-state index in [1.165, 1.54) is 55.2 Å². The molecule has 0 unspecified atom stereocenters. The van der Waals surface area contributed by atoms with Gasteiger partial charge >= 0.3 is 0 Å². The standard InChI is InChI=1S/C16H23N/c1-12-7-13(2)9-14(8-12)16(17)10-15(11-16)5-3-4-6-15/h7-9H,3-6,10-11,17H2,1-2H3. The monoisotopic (exact) mass is 229 g/mol. The van der Waals surface area contributed by atoms with Gasteiger partial charge in [0.25, 0.3) is 0 Å². The summed E-state index contributed by atoms with van der Waals surface area (Å²) in [6.07, 6.45) is 8.09. The van der Waals surface area contributed by atoms with Crippen LogP contribution in [0, 0.1) is 19.3 Å². The SMILES string of the molecule is Cc1cc(C)cc(C2(N)CC3(CCCC3)C2)c1. The van der Waals surface area contributed by atoms with Gasteiger partial charge in [0.15, 0.2) is 0 Å². The fraction of sp³-hybridized carbons (Fsp3) is 0.625. The van der Waals surface area contributed by atoms with E-state index in [4.69, 9.17) is 5.73 Å². The third-order valence-corrected chi connectivity index (χ3v) is 4.84. The molecule has 2 N–H and O–H groups in total. The number of rotatable bonds is 1. The summed E-state index contributed by atoms with van der Waals surface area (Å²) in [7, 11) is 0. The molecule has 2 aliphatic carbocycles. The second kappa shape index (κ2) is 3.58. The Kier molecular flexibility index (Phi) is 2.38. The molecule has 2 fully saturated rings. The molecule has 0 aromatic heterocycles. The van der Waals surface area contributed by atoms with Crippen LogP contribution in [-0.2, 0) is 5.54 Å². The first kappa shape index (κ1) is 11.3.